The summed E-state index contributed by atoms with van der Waals surface area (Å²) in [5, 5.41) is 6.82. The van der Waals surface area contributed by atoms with Crippen molar-refractivity contribution in [2.45, 2.75) is 13.8 Å². The number of benzene rings is 2. The van der Waals surface area contributed by atoms with E-state index in [9.17, 15) is 0 Å². The molecular formula is C16H20N2. The van der Waals surface area contributed by atoms with Crippen molar-refractivity contribution in [1.82, 2.24) is 0 Å². The zero-order valence-electron chi connectivity index (χ0n) is 11.0. The predicted molar refractivity (Wildman–Crippen MR) is 79.3 cm³/mol. The molecule has 0 unspecified atom stereocenters. The minimum absolute atomic E-state index is 0.914. The van der Waals surface area contributed by atoms with Gasteiger partial charge in [0.15, 0.2) is 0 Å². The zero-order valence-corrected chi connectivity index (χ0v) is 11.0. The summed E-state index contributed by atoms with van der Waals surface area (Å²) in [6, 6.07) is 16.8. The van der Waals surface area contributed by atoms with Crippen molar-refractivity contribution in [2.24, 2.45) is 0 Å². The lowest BCUT2D eigenvalue weighted by Gasteiger charge is -2.10. The first-order valence-corrected chi connectivity index (χ1v) is 6.35. The number of aryl methyl sites for hydroxylation is 2. The fourth-order valence-electron chi connectivity index (χ4n) is 2.05. The van der Waals surface area contributed by atoms with E-state index in [4.69, 9.17) is 0 Å². The maximum Gasteiger partial charge on any atom is 0.0346 e. The third-order valence-electron chi connectivity index (χ3n) is 2.78. The minimum atomic E-state index is 0.914. The Labute approximate surface area is 109 Å². The average Bonchev–Trinajstić information content (AvgIpc) is 2.35. The predicted octanol–water partition coefficient (Wildman–Crippen LogP) is 3.83. The Morgan fingerprint density at radius 1 is 0.722 bits per heavy atom. The molecule has 2 aromatic rings. The van der Waals surface area contributed by atoms with E-state index in [0.29, 0.717) is 0 Å². The van der Waals surface area contributed by atoms with Gasteiger partial charge in [-0.1, -0.05) is 24.3 Å². The highest BCUT2D eigenvalue weighted by atomic mass is 14.9. The number of rotatable bonds is 5. The fourth-order valence-corrected chi connectivity index (χ4v) is 2.05. The summed E-state index contributed by atoms with van der Waals surface area (Å²) in [6.07, 6.45) is 0. The molecule has 0 radical (unpaired) electrons. The van der Waals surface area contributed by atoms with Crippen LogP contribution in [0.25, 0.3) is 0 Å². The molecule has 0 spiro atoms. The van der Waals surface area contributed by atoms with Crippen LogP contribution in [0.1, 0.15) is 11.1 Å². The van der Waals surface area contributed by atoms with Crippen LogP contribution in [0.5, 0.6) is 0 Å². The van der Waals surface area contributed by atoms with Gasteiger partial charge in [0.2, 0.25) is 0 Å². The molecule has 0 aromatic heterocycles. The molecule has 0 heterocycles. The van der Waals surface area contributed by atoms with E-state index in [0.717, 1.165) is 13.1 Å². The van der Waals surface area contributed by atoms with Crippen LogP contribution in [0.3, 0.4) is 0 Å². The number of para-hydroxylation sites is 1. The number of nitrogens with one attached hydrogen (secondary N) is 2. The SMILES string of the molecule is Cc1cc(C)cc(NCCNc2ccccc2)c1. The molecule has 0 bridgehead atoms. The quantitative estimate of drug-likeness (QED) is 0.776. The standard InChI is InChI=1S/C16H20N2/c1-13-10-14(2)12-16(11-13)18-9-8-17-15-6-4-3-5-7-15/h3-7,10-12,17-18H,8-9H2,1-2H3. The largest absolute Gasteiger partial charge is 0.383 e. The van der Waals surface area contributed by atoms with Crippen LogP contribution < -0.4 is 10.6 Å². The van der Waals surface area contributed by atoms with Crippen LogP contribution in [0.15, 0.2) is 48.5 Å². The Hall–Kier alpha value is -1.96. The number of anilines is 2. The number of hydrogen-bond acceptors (Lipinski definition) is 2. The molecule has 2 heteroatoms. The highest BCUT2D eigenvalue weighted by Gasteiger charge is 1.95. The van der Waals surface area contributed by atoms with E-state index < -0.39 is 0 Å². The Kier molecular flexibility index (Phi) is 4.24. The van der Waals surface area contributed by atoms with Crippen LogP contribution in [0, 0.1) is 13.8 Å². The first kappa shape index (κ1) is 12.5. The van der Waals surface area contributed by atoms with E-state index in [2.05, 4.69) is 54.8 Å². The van der Waals surface area contributed by atoms with Crippen molar-refractivity contribution in [1.29, 1.82) is 0 Å². The lowest BCUT2D eigenvalue weighted by atomic mass is 10.1. The van der Waals surface area contributed by atoms with Gasteiger partial charge in [0, 0.05) is 24.5 Å². The molecular weight excluding hydrogens is 220 g/mol. The van der Waals surface area contributed by atoms with E-state index >= 15 is 0 Å². The minimum Gasteiger partial charge on any atom is -0.383 e. The Morgan fingerprint density at radius 2 is 1.28 bits per heavy atom. The van der Waals surface area contributed by atoms with Crippen molar-refractivity contribution in [2.75, 3.05) is 23.7 Å². The zero-order chi connectivity index (χ0) is 12.8. The second-order valence-corrected chi connectivity index (χ2v) is 4.60. The third-order valence-corrected chi connectivity index (χ3v) is 2.78. The van der Waals surface area contributed by atoms with Gasteiger partial charge in [-0.15, -0.1) is 0 Å². The van der Waals surface area contributed by atoms with Gasteiger partial charge in [-0.2, -0.15) is 0 Å². The summed E-state index contributed by atoms with van der Waals surface area (Å²) in [5.74, 6) is 0. The van der Waals surface area contributed by atoms with E-state index in [1.807, 2.05) is 18.2 Å². The monoisotopic (exact) mass is 240 g/mol. The average molecular weight is 240 g/mol. The van der Waals surface area contributed by atoms with Gasteiger partial charge >= 0.3 is 0 Å². The van der Waals surface area contributed by atoms with Crippen LogP contribution >= 0.6 is 0 Å². The highest BCUT2D eigenvalue weighted by molar-refractivity contribution is 5.49. The molecule has 2 N–H and O–H groups in total. The summed E-state index contributed by atoms with van der Waals surface area (Å²) in [6.45, 7) is 6.08. The van der Waals surface area contributed by atoms with Gasteiger partial charge in [-0.25, -0.2) is 0 Å². The summed E-state index contributed by atoms with van der Waals surface area (Å²) >= 11 is 0. The molecule has 0 aliphatic rings. The van der Waals surface area contributed by atoms with Crippen molar-refractivity contribution < 1.29 is 0 Å². The van der Waals surface area contributed by atoms with Gasteiger partial charge in [0.05, 0.1) is 0 Å². The molecule has 2 nitrogen and oxygen atoms in total. The van der Waals surface area contributed by atoms with Gasteiger partial charge in [0.1, 0.15) is 0 Å². The van der Waals surface area contributed by atoms with Gasteiger partial charge < -0.3 is 10.6 Å². The Bertz CT molecular complexity index is 471. The second-order valence-electron chi connectivity index (χ2n) is 4.60. The molecule has 0 saturated carbocycles. The normalized spacial score (nSPS) is 10.1. The second kappa shape index (κ2) is 6.10. The summed E-state index contributed by atoms with van der Waals surface area (Å²) in [5.41, 5.74) is 4.96. The molecule has 0 aliphatic carbocycles. The Balaban J connectivity index is 1.78. The smallest absolute Gasteiger partial charge is 0.0346 e. The summed E-state index contributed by atoms with van der Waals surface area (Å²) < 4.78 is 0. The van der Waals surface area contributed by atoms with Crippen molar-refractivity contribution >= 4 is 11.4 Å². The topological polar surface area (TPSA) is 24.1 Å². The van der Waals surface area contributed by atoms with E-state index in [1.54, 1.807) is 0 Å². The van der Waals surface area contributed by atoms with E-state index in [1.165, 1.54) is 22.5 Å². The lowest BCUT2D eigenvalue weighted by molar-refractivity contribution is 1.08. The summed E-state index contributed by atoms with van der Waals surface area (Å²) in [4.78, 5) is 0. The number of hydrogen-bond donors (Lipinski definition) is 2. The lowest BCUT2D eigenvalue weighted by Crippen LogP contribution is -2.13. The van der Waals surface area contributed by atoms with Crippen molar-refractivity contribution in [3.05, 3.63) is 59.7 Å². The van der Waals surface area contributed by atoms with Gasteiger partial charge in [0.25, 0.3) is 0 Å². The molecule has 18 heavy (non-hydrogen) atoms. The molecule has 0 saturated heterocycles. The van der Waals surface area contributed by atoms with Crippen LogP contribution in [-0.2, 0) is 0 Å². The van der Waals surface area contributed by atoms with Gasteiger partial charge in [-0.3, -0.25) is 0 Å². The van der Waals surface area contributed by atoms with Crippen molar-refractivity contribution in [3.8, 4) is 0 Å². The maximum atomic E-state index is 3.43. The van der Waals surface area contributed by atoms with E-state index in [-0.39, 0.29) is 0 Å². The Morgan fingerprint density at radius 3 is 1.89 bits per heavy atom. The first-order chi connectivity index (χ1) is 8.74. The molecule has 0 atom stereocenters. The third kappa shape index (κ3) is 3.81. The first-order valence-electron chi connectivity index (χ1n) is 6.35. The molecule has 2 rings (SSSR count). The summed E-state index contributed by atoms with van der Waals surface area (Å²) in [7, 11) is 0. The molecule has 0 fully saturated rings. The molecule has 0 aliphatic heterocycles. The van der Waals surface area contributed by atoms with Crippen LogP contribution in [0.2, 0.25) is 0 Å². The van der Waals surface area contributed by atoms with Gasteiger partial charge in [-0.05, 0) is 49.2 Å². The van der Waals surface area contributed by atoms with Crippen molar-refractivity contribution in [3.63, 3.8) is 0 Å². The molecule has 94 valence electrons. The fraction of sp³-hybridized carbons (Fsp3) is 0.250. The molecule has 0 amide bonds. The van der Waals surface area contributed by atoms with Crippen LogP contribution in [-0.4, -0.2) is 13.1 Å². The van der Waals surface area contributed by atoms with Crippen LogP contribution in [0.4, 0.5) is 11.4 Å². The maximum absolute atomic E-state index is 3.43. The molecule has 2 aromatic carbocycles. The highest BCUT2D eigenvalue weighted by Crippen LogP contribution is 2.13.